The van der Waals surface area contributed by atoms with E-state index in [1.807, 2.05) is 25.1 Å². The monoisotopic (exact) mass is 353 g/mol. The number of rotatable bonds is 7. The maximum absolute atomic E-state index is 13.0. The molecule has 0 unspecified atom stereocenters. The van der Waals surface area contributed by atoms with E-state index in [0.29, 0.717) is 29.4 Å². The van der Waals surface area contributed by atoms with E-state index in [1.165, 1.54) is 11.3 Å². The lowest BCUT2D eigenvalue weighted by Gasteiger charge is -2.21. The van der Waals surface area contributed by atoms with Crippen LogP contribution < -0.4 is 0 Å². The molecule has 1 aromatic heterocycles. The molecule has 0 radical (unpaired) electrons. The van der Waals surface area contributed by atoms with Gasteiger partial charge in [-0.1, -0.05) is 32.1 Å². The zero-order chi connectivity index (χ0) is 18.4. The molecule has 2 rings (SSSR count). The van der Waals surface area contributed by atoms with Gasteiger partial charge >= 0.3 is 0 Å². The Bertz CT molecular complexity index is 802. The van der Waals surface area contributed by atoms with Gasteiger partial charge in [-0.2, -0.15) is 5.26 Å². The normalized spacial score (nSPS) is 10.5. The van der Waals surface area contributed by atoms with E-state index in [9.17, 15) is 4.79 Å². The van der Waals surface area contributed by atoms with Crippen LogP contribution in [0.15, 0.2) is 36.9 Å². The molecule has 0 aliphatic carbocycles. The van der Waals surface area contributed by atoms with Crippen LogP contribution in [0.5, 0.6) is 0 Å². The quantitative estimate of drug-likeness (QED) is 0.695. The number of carbonyl (C=O) groups is 1. The van der Waals surface area contributed by atoms with Gasteiger partial charge in [-0.25, -0.2) is 4.98 Å². The van der Waals surface area contributed by atoms with Crippen LogP contribution in [-0.2, 0) is 13.0 Å². The lowest BCUT2D eigenvalue weighted by Crippen LogP contribution is -2.30. The van der Waals surface area contributed by atoms with Crippen molar-refractivity contribution in [2.75, 3.05) is 6.54 Å². The lowest BCUT2D eigenvalue weighted by molar-refractivity contribution is 0.0766. The van der Waals surface area contributed by atoms with Crippen molar-refractivity contribution in [2.24, 2.45) is 5.92 Å². The number of aryl methyl sites for hydroxylation is 1. The molecule has 1 heterocycles. The summed E-state index contributed by atoms with van der Waals surface area (Å²) in [7, 11) is 0. The second-order valence-corrected chi connectivity index (χ2v) is 7.49. The van der Waals surface area contributed by atoms with Crippen LogP contribution in [0.2, 0.25) is 0 Å². The summed E-state index contributed by atoms with van der Waals surface area (Å²) < 4.78 is 0. The Morgan fingerprint density at radius 3 is 2.88 bits per heavy atom. The molecule has 0 aliphatic heterocycles. The number of amides is 1. The molecule has 0 spiro atoms. The SMILES string of the molecule is C=CCN(Cc1cccc(C#N)c1)C(=O)c1sc(CC(C)C)nc1C. The number of carbonyl (C=O) groups excluding carboxylic acids is 1. The highest BCUT2D eigenvalue weighted by Gasteiger charge is 2.21. The molecular formula is C20H23N3OS. The molecule has 0 atom stereocenters. The standard InChI is InChI=1S/C20H23N3OS/c1-5-9-23(13-17-8-6-7-16(11-17)12-21)20(24)19-15(4)22-18(25-19)10-14(2)3/h5-8,11,14H,1,9-10,13H2,2-4H3. The van der Waals surface area contributed by atoms with Gasteiger partial charge in [0.25, 0.3) is 5.91 Å². The Labute approximate surface area is 153 Å². The maximum Gasteiger partial charge on any atom is 0.266 e. The Hall–Kier alpha value is -2.45. The Kier molecular flexibility index (Phi) is 6.49. The van der Waals surface area contributed by atoms with E-state index < -0.39 is 0 Å². The molecule has 0 bridgehead atoms. The zero-order valence-corrected chi connectivity index (χ0v) is 15.8. The molecule has 0 fully saturated rings. The van der Waals surface area contributed by atoms with Crippen LogP contribution in [0.4, 0.5) is 0 Å². The minimum absolute atomic E-state index is 0.0349. The second-order valence-electron chi connectivity index (χ2n) is 6.41. The Balaban J connectivity index is 2.24. The minimum Gasteiger partial charge on any atom is -0.330 e. The van der Waals surface area contributed by atoms with Gasteiger partial charge in [0.15, 0.2) is 0 Å². The van der Waals surface area contributed by atoms with E-state index in [0.717, 1.165) is 22.7 Å². The minimum atomic E-state index is -0.0349. The van der Waals surface area contributed by atoms with Crippen molar-refractivity contribution in [1.82, 2.24) is 9.88 Å². The molecule has 2 aromatic rings. The number of hydrogen-bond acceptors (Lipinski definition) is 4. The molecule has 5 heteroatoms. The van der Waals surface area contributed by atoms with Crippen molar-refractivity contribution in [2.45, 2.75) is 33.7 Å². The fraction of sp³-hybridized carbons (Fsp3) is 0.350. The fourth-order valence-corrected chi connectivity index (χ4v) is 3.81. The fourth-order valence-electron chi connectivity index (χ4n) is 2.57. The smallest absolute Gasteiger partial charge is 0.266 e. The van der Waals surface area contributed by atoms with E-state index in [2.05, 4.69) is 31.5 Å². The van der Waals surface area contributed by atoms with E-state index >= 15 is 0 Å². The number of benzene rings is 1. The van der Waals surface area contributed by atoms with Crippen LogP contribution in [0.25, 0.3) is 0 Å². The third-order valence-corrected chi connectivity index (χ3v) is 4.85. The van der Waals surface area contributed by atoms with E-state index in [-0.39, 0.29) is 5.91 Å². The Morgan fingerprint density at radius 2 is 2.24 bits per heavy atom. The van der Waals surface area contributed by atoms with Crippen molar-refractivity contribution in [3.05, 3.63) is 63.6 Å². The van der Waals surface area contributed by atoms with Crippen LogP contribution in [0.3, 0.4) is 0 Å². The second kappa shape index (κ2) is 8.59. The summed E-state index contributed by atoms with van der Waals surface area (Å²) in [6.07, 6.45) is 2.60. The third kappa shape index (κ3) is 5.01. The molecule has 25 heavy (non-hydrogen) atoms. The molecular weight excluding hydrogens is 330 g/mol. The molecule has 130 valence electrons. The highest BCUT2D eigenvalue weighted by Crippen LogP contribution is 2.23. The molecule has 0 aliphatic rings. The van der Waals surface area contributed by atoms with Gasteiger partial charge in [0.2, 0.25) is 0 Å². The van der Waals surface area contributed by atoms with Crippen molar-refractivity contribution in [1.29, 1.82) is 5.26 Å². The number of thiazole rings is 1. The average molecular weight is 353 g/mol. The Morgan fingerprint density at radius 1 is 1.48 bits per heavy atom. The van der Waals surface area contributed by atoms with Gasteiger partial charge in [-0.3, -0.25) is 4.79 Å². The molecule has 1 amide bonds. The summed E-state index contributed by atoms with van der Waals surface area (Å²) in [5.41, 5.74) is 2.31. The van der Waals surface area contributed by atoms with Gasteiger partial charge in [-0.05, 0) is 30.5 Å². The summed E-state index contributed by atoms with van der Waals surface area (Å²) in [5, 5.41) is 10.0. The highest BCUT2D eigenvalue weighted by atomic mass is 32.1. The number of hydrogen-bond donors (Lipinski definition) is 0. The molecule has 4 nitrogen and oxygen atoms in total. The van der Waals surface area contributed by atoms with Crippen molar-refractivity contribution >= 4 is 17.2 Å². The first kappa shape index (κ1) is 18.9. The van der Waals surface area contributed by atoms with E-state index in [4.69, 9.17) is 5.26 Å². The molecule has 0 N–H and O–H groups in total. The van der Waals surface area contributed by atoms with Crippen molar-refractivity contribution < 1.29 is 4.79 Å². The first-order valence-corrected chi connectivity index (χ1v) is 9.11. The summed E-state index contributed by atoms with van der Waals surface area (Å²) in [5.74, 6) is 0.471. The lowest BCUT2D eigenvalue weighted by atomic mass is 10.1. The van der Waals surface area contributed by atoms with Gasteiger partial charge in [0.05, 0.1) is 22.3 Å². The highest BCUT2D eigenvalue weighted by molar-refractivity contribution is 7.13. The third-order valence-electron chi connectivity index (χ3n) is 3.68. The van der Waals surface area contributed by atoms with Crippen LogP contribution in [-0.4, -0.2) is 22.3 Å². The number of nitrogens with zero attached hydrogens (tertiary/aromatic N) is 3. The zero-order valence-electron chi connectivity index (χ0n) is 15.0. The molecule has 1 aromatic carbocycles. The van der Waals surface area contributed by atoms with Crippen molar-refractivity contribution in [3.63, 3.8) is 0 Å². The predicted octanol–water partition coefficient (Wildman–Crippen LogP) is 4.35. The summed E-state index contributed by atoms with van der Waals surface area (Å²) >= 11 is 1.48. The van der Waals surface area contributed by atoms with Crippen molar-refractivity contribution in [3.8, 4) is 6.07 Å². The maximum atomic E-state index is 13.0. The van der Waals surface area contributed by atoms with Crippen LogP contribution in [0, 0.1) is 24.2 Å². The summed E-state index contributed by atoms with van der Waals surface area (Å²) in [6, 6.07) is 9.46. The summed E-state index contributed by atoms with van der Waals surface area (Å²) in [6.45, 7) is 10.8. The molecule has 0 saturated heterocycles. The van der Waals surface area contributed by atoms with Crippen LogP contribution in [0.1, 0.15) is 45.3 Å². The van der Waals surface area contributed by atoms with Gasteiger partial charge in [-0.15, -0.1) is 17.9 Å². The predicted molar refractivity (Wildman–Crippen MR) is 101 cm³/mol. The first-order chi connectivity index (χ1) is 11.9. The first-order valence-electron chi connectivity index (χ1n) is 8.30. The summed E-state index contributed by atoms with van der Waals surface area (Å²) in [4.78, 5) is 20.0. The van der Waals surface area contributed by atoms with Gasteiger partial charge in [0, 0.05) is 19.5 Å². The van der Waals surface area contributed by atoms with Gasteiger partial charge in [0.1, 0.15) is 4.88 Å². The van der Waals surface area contributed by atoms with Gasteiger partial charge < -0.3 is 4.90 Å². The largest absolute Gasteiger partial charge is 0.330 e. The molecule has 0 saturated carbocycles. The number of aromatic nitrogens is 1. The average Bonchev–Trinajstić information content (AvgIpc) is 2.93. The van der Waals surface area contributed by atoms with Crippen LogP contribution >= 0.6 is 11.3 Å². The number of nitriles is 1. The topological polar surface area (TPSA) is 57.0 Å². The van der Waals surface area contributed by atoms with E-state index in [1.54, 1.807) is 17.0 Å².